The van der Waals surface area contributed by atoms with E-state index in [-0.39, 0.29) is 5.91 Å². The molecule has 0 spiro atoms. The molecule has 2 heterocycles. The molecule has 0 saturated carbocycles. The Balaban J connectivity index is 2.27. The topological polar surface area (TPSA) is 81.9 Å². The molecule has 0 aliphatic rings. The number of hydrogen-bond acceptors (Lipinski definition) is 5. The predicted octanol–water partition coefficient (Wildman–Crippen LogP) is 2.43. The molecular formula is C14H12BrN5O. The number of nitriles is 1. The number of hydrogen-bond donors (Lipinski definition) is 1. The molecule has 0 fully saturated rings. The van der Waals surface area contributed by atoms with Crippen molar-refractivity contribution in [2.24, 2.45) is 0 Å². The highest BCUT2D eigenvalue weighted by Crippen LogP contribution is 2.21. The second-order valence-electron chi connectivity index (χ2n) is 4.42. The average molecular weight is 346 g/mol. The van der Waals surface area contributed by atoms with Crippen LogP contribution in [0.4, 0.5) is 11.6 Å². The maximum Gasteiger partial charge on any atom is 0.260 e. The van der Waals surface area contributed by atoms with Crippen molar-refractivity contribution in [3.63, 3.8) is 0 Å². The number of carbonyl (C=O) groups is 1. The monoisotopic (exact) mass is 345 g/mol. The second-order valence-corrected chi connectivity index (χ2v) is 5.33. The summed E-state index contributed by atoms with van der Waals surface area (Å²) in [4.78, 5) is 22.3. The van der Waals surface area contributed by atoms with Gasteiger partial charge in [0.05, 0.1) is 11.1 Å². The SMILES string of the molecule is CN(C)c1ncc(Br)cc1C(=O)Nc1ccc(C#N)cn1. The lowest BCUT2D eigenvalue weighted by Gasteiger charge is -2.15. The number of halogens is 1. The van der Waals surface area contributed by atoms with E-state index in [2.05, 4.69) is 31.2 Å². The van der Waals surface area contributed by atoms with E-state index in [0.717, 1.165) is 0 Å². The lowest BCUT2D eigenvalue weighted by Crippen LogP contribution is -2.20. The maximum atomic E-state index is 12.3. The van der Waals surface area contributed by atoms with Gasteiger partial charge in [-0.15, -0.1) is 0 Å². The second kappa shape index (κ2) is 6.33. The van der Waals surface area contributed by atoms with Gasteiger partial charge in [-0.3, -0.25) is 4.79 Å². The van der Waals surface area contributed by atoms with E-state index in [1.54, 1.807) is 29.3 Å². The van der Waals surface area contributed by atoms with E-state index >= 15 is 0 Å². The van der Waals surface area contributed by atoms with Gasteiger partial charge in [0.15, 0.2) is 0 Å². The molecule has 0 aromatic carbocycles. The molecule has 2 aromatic rings. The fraction of sp³-hybridized carbons (Fsp3) is 0.143. The molecule has 1 amide bonds. The number of rotatable bonds is 3. The van der Waals surface area contributed by atoms with E-state index in [9.17, 15) is 4.79 Å². The summed E-state index contributed by atoms with van der Waals surface area (Å²) in [6.45, 7) is 0. The van der Waals surface area contributed by atoms with Crippen LogP contribution in [0, 0.1) is 11.3 Å². The zero-order valence-electron chi connectivity index (χ0n) is 11.5. The molecule has 0 aliphatic carbocycles. The molecule has 106 valence electrons. The Hall–Kier alpha value is -2.46. The van der Waals surface area contributed by atoms with Crippen LogP contribution in [0.3, 0.4) is 0 Å². The molecule has 21 heavy (non-hydrogen) atoms. The van der Waals surface area contributed by atoms with Gasteiger partial charge in [-0.25, -0.2) is 9.97 Å². The predicted molar refractivity (Wildman–Crippen MR) is 83.2 cm³/mol. The number of amides is 1. The van der Waals surface area contributed by atoms with Crippen LogP contribution < -0.4 is 10.2 Å². The third kappa shape index (κ3) is 3.55. The Morgan fingerprint density at radius 3 is 2.67 bits per heavy atom. The highest BCUT2D eigenvalue weighted by molar-refractivity contribution is 9.10. The van der Waals surface area contributed by atoms with E-state index < -0.39 is 0 Å². The van der Waals surface area contributed by atoms with E-state index in [4.69, 9.17) is 5.26 Å². The van der Waals surface area contributed by atoms with E-state index in [1.807, 2.05) is 20.2 Å². The van der Waals surface area contributed by atoms with Crippen molar-refractivity contribution in [3.8, 4) is 6.07 Å². The molecule has 0 atom stereocenters. The summed E-state index contributed by atoms with van der Waals surface area (Å²) in [5, 5.41) is 11.4. The first-order valence-electron chi connectivity index (χ1n) is 6.01. The molecular weight excluding hydrogens is 334 g/mol. The maximum absolute atomic E-state index is 12.3. The van der Waals surface area contributed by atoms with Crippen molar-refractivity contribution in [2.75, 3.05) is 24.3 Å². The summed E-state index contributed by atoms with van der Waals surface area (Å²) in [5.74, 6) is 0.623. The van der Waals surface area contributed by atoms with Gasteiger partial charge < -0.3 is 10.2 Å². The summed E-state index contributed by atoms with van der Waals surface area (Å²) in [6.07, 6.45) is 3.04. The van der Waals surface area contributed by atoms with Crippen LogP contribution in [0.2, 0.25) is 0 Å². The van der Waals surface area contributed by atoms with E-state index in [0.29, 0.717) is 27.2 Å². The zero-order chi connectivity index (χ0) is 15.4. The minimum Gasteiger partial charge on any atom is -0.362 e. The van der Waals surface area contributed by atoms with Gasteiger partial charge in [0, 0.05) is 31.0 Å². The van der Waals surface area contributed by atoms with Crippen LogP contribution in [-0.2, 0) is 0 Å². The van der Waals surface area contributed by atoms with Crippen LogP contribution in [0.1, 0.15) is 15.9 Å². The highest BCUT2D eigenvalue weighted by atomic mass is 79.9. The largest absolute Gasteiger partial charge is 0.362 e. The van der Waals surface area contributed by atoms with Gasteiger partial charge in [0.2, 0.25) is 0 Å². The van der Waals surface area contributed by atoms with Crippen molar-refractivity contribution in [2.45, 2.75) is 0 Å². The molecule has 7 heteroatoms. The normalized spacial score (nSPS) is 9.81. The third-order valence-electron chi connectivity index (χ3n) is 2.64. The van der Waals surface area contributed by atoms with Gasteiger partial charge in [-0.1, -0.05) is 0 Å². The molecule has 1 N–H and O–H groups in total. The molecule has 0 aliphatic heterocycles. The summed E-state index contributed by atoms with van der Waals surface area (Å²) < 4.78 is 0.714. The summed E-state index contributed by atoms with van der Waals surface area (Å²) >= 11 is 3.31. The molecule has 2 aromatic heterocycles. The molecule has 2 rings (SSSR count). The number of nitrogens with one attached hydrogen (secondary N) is 1. The van der Waals surface area contributed by atoms with Crippen LogP contribution in [0.25, 0.3) is 0 Å². The standard InChI is InChI=1S/C14H12BrN5O/c1-20(2)13-11(5-10(15)8-18-13)14(21)19-12-4-3-9(6-16)7-17-12/h3-5,7-8H,1-2H3,(H,17,19,21). The van der Waals surface area contributed by atoms with Crippen molar-refractivity contribution < 1.29 is 4.79 Å². The van der Waals surface area contributed by atoms with Crippen molar-refractivity contribution >= 4 is 33.5 Å². The Kier molecular flexibility index (Phi) is 4.50. The number of anilines is 2. The minimum atomic E-state index is -0.315. The molecule has 0 radical (unpaired) electrons. The highest BCUT2D eigenvalue weighted by Gasteiger charge is 2.15. The van der Waals surface area contributed by atoms with E-state index in [1.165, 1.54) is 6.20 Å². The summed E-state index contributed by atoms with van der Waals surface area (Å²) in [6, 6.07) is 6.84. The molecule has 0 bridgehead atoms. The van der Waals surface area contributed by atoms with Crippen LogP contribution in [0.15, 0.2) is 35.1 Å². The molecule has 0 saturated heterocycles. The van der Waals surface area contributed by atoms with Gasteiger partial charge in [-0.05, 0) is 34.1 Å². The number of carbonyl (C=O) groups excluding carboxylic acids is 1. The first-order valence-corrected chi connectivity index (χ1v) is 6.81. The smallest absolute Gasteiger partial charge is 0.260 e. The fourth-order valence-electron chi connectivity index (χ4n) is 1.67. The fourth-order valence-corrected chi connectivity index (χ4v) is 2.00. The van der Waals surface area contributed by atoms with Crippen LogP contribution in [0.5, 0.6) is 0 Å². The van der Waals surface area contributed by atoms with Crippen molar-refractivity contribution in [1.82, 2.24) is 9.97 Å². The van der Waals surface area contributed by atoms with Crippen molar-refractivity contribution in [1.29, 1.82) is 5.26 Å². The lowest BCUT2D eigenvalue weighted by molar-refractivity contribution is 0.102. The summed E-state index contributed by atoms with van der Waals surface area (Å²) in [5.41, 5.74) is 0.867. The Morgan fingerprint density at radius 1 is 1.33 bits per heavy atom. The Morgan fingerprint density at radius 2 is 2.10 bits per heavy atom. The first kappa shape index (κ1) is 14.9. The van der Waals surface area contributed by atoms with Gasteiger partial charge in [0.1, 0.15) is 17.7 Å². The lowest BCUT2D eigenvalue weighted by atomic mass is 10.2. The zero-order valence-corrected chi connectivity index (χ0v) is 13.0. The first-order chi connectivity index (χ1) is 10.0. The van der Waals surface area contributed by atoms with Crippen LogP contribution in [-0.4, -0.2) is 30.0 Å². The Labute approximate surface area is 130 Å². The minimum absolute atomic E-state index is 0.315. The van der Waals surface area contributed by atoms with Crippen LogP contribution >= 0.6 is 15.9 Å². The summed E-state index contributed by atoms with van der Waals surface area (Å²) in [7, 11) is 3.62. The number of aromatic nitrogens is 2. The number of nitrogens with zero attached hydrogens (tertiary/aromatic N) is 4. The average Bonchev–Trinajstić information content (AvgIpc) is 2.47. The van der Waals surface area contributed by atoms with Gasteiger partial charge in [0.25, 0.3) is 5.91 Å². The Bertz CT molecular complexity index is 706. The quantitative estimate of drug-likeness (QED) is 0.923. The van der Waals surface area contributed by atoms with Gasteiger partial charge in [-0.2, -0.15) is 5.26 Å². The number of pyridine rings is 2. The molecule has 0 unspecified atom stereocenters. The van der Waals surface area contributed by atoms with Crippen molar-refractivity contribution in [3.05, 3.63) is 46.2 Å². The third-order valence-corrected chi connectivity index (χ3v) is 3.07. The molecule has 6 nitrogen and oxygen atoms in total. The van der Waals surface area contributed by atoms with Gasteiger partial charge >= 0.3 is 0 Å².